The van der Waals surface area contributed by atoms with E-state index >= 15 is 0 Å². The molecule has 5 nitrogen and oxygen atoms in total. The zero-order valence-corrected chi connectivity index (χ0v) is 12.7. The molecule has 0 aliphatic rings. The van der Waals surface area contributed by atoms with Crippen molar-refractivity contribution in [1.29, 1.82) is 0 Å². The molecule has 0 unspecified atom stereocenters. The summed E-state index contributed by atoms with van der Waals surface area (Å²) in [7, 11) is 1.49. The molecule has 0 saturated carbocycles. The first-order valence-corrected chi connectivity index (χ1v) is 6.59. The number of carbonyl (C=O) groups excluding carboxylic acids is 2. The van der Waals surface area contributed by atoms with Gasteiger partial charge in [0, 0.05) is 10.5 Å². The van der Waals surface area contributed by atoms with Crippen molar-refractivity contribution in [2.24, 2.45) is 5.73 Å². The molecule has 0 fully saturated rings. The maximum Gasteiger partial charge on any atom is 0.258 e. The topological polar surface area (TPSA) is 72.6 Å². The summed E-state index contributed by atoms with van der Waals surface area (Å²) in [6, 6.07) is 4.98. The minimum atomic E-state index is -0.543. The predicted octanol–water partition coefficient (Wildman–Crippen LogP) is 1.79. The molecule has 104 valence electrons. The summed E-state index contributed by atoms with van der Waals surface area (Å²) in [5, 5.41) is 0. The van der Waals surface area contributed by atoms with Gasteiger partial charge in [-0.25, -0.2) is 0 Å². The Kier molecular flexibility index (Phi) is 5.35. The molecule has 2 N–H and O–H groups in total. The highest BCUT2D eigenvalue weighted by molar-refractivity contribution is 9.10. The molecular weight excluding hydrogens is 312 g/mol. The number of benzene rings is 1. The van der Waals surface area contributed by atoms with Crippen LogP contribution in [-0.4, -0.2) is 36.4 Å². The van der Waals surface area contributed by atoms with Gasteiger partial charge in [-0.2, -0.15) is 0 Å². The standard InChI is InChI=1S/C13H17BrN2O3/c1-8(2)16(7-12(15)17)13(18)10-5-4-9(14)6-11(10)19-3/h4-6,8H,7H2,1-3H3,(H2,15,17). The third kappa shape index (κ3) is 3.96. The van der Waals surface area contributed by atoms with Gasteiger partial charge in [0.1, 0.15) is 5.75 Å². The van der Waals surface area contributed by atoms with E-state index in [1.807, 2.05) is 13.8 Å². The van der Waals surface area contributed by atoms with Crippen molar-refractivity contribution in [1.82, 2.24) is 4.90 Å². The minimum absolute atomic E-state index is 0.115. The number of rotatable bonds is 5. The van der Waals surface area contributed by atoms with Gasteiger partial charge in [0.05, 0.1) is 19.2 Å². The third-order valence-electron chi connectivity index (χ3n) is 2.60. The Balaban J connectivity index is 3.12. The van der Waals surface area contributed by atoms with Gasteiger partial charge >= 0.3 is 0 Å². The van der Waals surface area contributed by atoms with Crippen LogP contribution in [0, 0.1) is 0 Å². The van der Waals surface area contributed by atoms with E-state index in [1.165, 1.54) is 12.0 Å². The highest BCUT2D eigenvalue weighted by Crippen LogP contribution is 2.25. The lowest BCUT2D eigenvalue weighted by molar-refractivity contribution is -0.119. The average Bonchev–Trinajstić information content (AvgIpc) is 2.34. The van der Waals surface area contributed by atoms with Crippen LogP contribution in [0.3, 0.4) is 0 Å². The highest BCUT2D eigenvalue weighted by atomic mass is 79.9. The summed E-state index contributed by atoms with van der Waals surface area (Å²) in [6.45, 7) is 3.54. The van der Waals surface area contributed by atoms with Crippen LogP contribution < -0.4 is 10.5 Å². The second-order valence-corrected chi connectivity index (χ2v) is 5.25. The normalized spacial score (nSPS) is 10.4. The Bertz CT molecular complexity index is 489. The lowest BCUT2D eigenvalue weighted by Crippen LogP contribution is -2.42. The quantitative estimate of drug-likeness (QED) is 0.895. The number of halogens is 1. The van der Waals surface area contributed by atoms with Crippen molar-refractivity contribution in [3.8, 4) is 5.75 Å². The fourth-order valence-corrected chi connectivity index (χ4v) is 1.99. The fraction of sp³-hybridized carbons (Fsp3) is 0.385. The van der Waals surface area contributed by atoms with Crippen LogP contribution >= 0.6 is 15.9 Å². The molecule has 1 aromatic carbocycles. The minimum Gasteiger partial charge on any atom is -0.496 e. The molecule has 19 heavy (non-hydrogen) atoms. The van der Waals surface area contributed by atoms with Crippen LogP contribution in [0.5, 0.6) is 5.75 Å². The van der Waals surface area contributed by atoms with Gasteiger partial charge < -0.3 is 15.4 Å². The zero-order valence-electron chi connectivity index (χ0n) is 11.1. The molecular formula is C13H17BrN2O3. The number of hydrogen-bond acceptors (Lipinski definition) is 3. The molecule has 0 aliphatic carbocycles. The van der Waals surface area contributed by atoms with Crippen LogP contribution in [-0.2, 0) is 4.79 Å². The number of nitrogens with zero attached hydrogens (tertiary/aromatic N) is 1. The monoisotopic (exact) mass is 328 g/mol. The Morgan fingerprint density at radius 2 is 2.05 bits per heavy atom. The summed E-state index contributed by atoms with van der Waals surface area (Å²) >= 11 is 3.31. The molecule has 2 amide bonds. The predicted molar refractivity (Wildman–Crippen MR) is 76.1 cm³/mol. The lowest BCUT2D eigenvalue weighted by atomic mass is 10.1. The van der Waals surface area contributed by atoms with E-state index in [-0.39, 0.29) is 18.5 Å². The fourth-order valence-electron chi connectivity index (χ4n) is 1.65. The molecule has 0 spiro atoms. The summed E-state index contributed by atoms with van der Waals surface area (Å²) in [4.78, 5) is 24.9. The van der Waals surface area contributed by atoms with Crippen LogP contribution in [0.15, 0.2) is 22.7 Å². The summed E-state index contributed by atoms with van der Waals surface area (Å²) in [6.07, 6.45) is 0. The van der Waals surface area contributed by atoms with Gasteiger partial charge in [0.15, 0.2) is 0 Å². The second-order valence-electron chi connectivity index (χ2n) is 4.34. The first-order chi connectivity index (χ1) is 8.86. The van der Waals surface area contributed by atoms with E-state index in [4.69, 9.17) is 10.5 Å². The molecule has 6 heteroatoms. The lowest BCUT2D eigenvalue weighted by Gasteiger charge is -2.26. The Hall–Kier alpha value is -1.56. The van der Waals surface area contributed by atoms with Gasteiger partial charge in [-0.3, -0.25) is 9.59 Å². The summed E-state index contributed by atoms with van der Waals surface area (Å²) in [5.41, 5.74) is 5.57. The number of carbonyl (C=O) groups is 2. The van der Waals surface area contributed by atoms with Crippen molar-refractivity contribution in [2.45, 2.75) is 19.9 Å². The number of primary amides is 1. The third-order valence-corrected chi connectivity index (χ3v) is 3.10. The number of methoxy groups -OCH3 is 1. The maximum absolute atomic E-state index is 12.4. The van der Waals surface area contributed by atoms with E-state index < -0.39 is 5.91 Å². The van der Waals surface area contributed by atoms with Crippen molar-refractivity contribution in [3.05, 3.63) is 28.2 Å². The van der Waals surface area contributed by atoms with E-state index in [0.29, 0.717) is 11.3 Å². The van der Waals surface area contributed by atoms with Crippen molar-refractivity contribution in [2.75, 3.05) is 13.7 Å². The van der Waals surface area contributed by atoms with Crippen LogP contribution in [0.25, 0.3) is 0 Å². The zero-order chi connectivity index (χ0) is 14.6. The molecule has 1 aromatic rings. The van der Waals surface area contributed by atoms with Gasteiger partial charge in [0.25, 0.3) is 5.91 Å². The molecule has 1 rings (SSSR count). The van der Waals surface area contributed by atoms with E-state index in [2.05, 4.69) is 15.9 Å². The molecule has 0 bridgehead atoms. The van der Waals surface area contributed by atoms with E-state index in [0.717, 1.165) is 4.47 Å². The van der Waals surface area contributed by atoms with Crippen molar-refractivity contribution < 1.29 is 14.3 Å². The molecule has 0 atom stereocenters. The highest BCUT2D eigenvalue weighted by Gasteiger charge is 2.23. The average molecular weight is 329 g/mol. The van der Waals surface area contributed by atoms with Gasteiger partial charge in [-0.05, 0) is 32.0 Å². The second kappa shape index (κ2) is 6.56. The molecule has 0 aromatic heterocycles. The SMILES string of the molecule is COc1cc(Br)ccc1C(=O)N(CC(N)=O)C(C)C. The van der Waals surface area contributed by atoms with Crippen molar-refractivity contribution >= 4 is 27.7 Å². The van der Waals surface area contributed by atoms with Crippen LogP contribution in [0.4, 0.5) is 0 Å². The maximum atomic E-state index is 12.4. The smallest absolute Gasteiger partial charge is 0.258 e. The molecule has 0 radical (unpaired) electrons. The Morgan fingerprint density at radius 1 is 1.42 bits per heavy atom. The van der Waals surface area contributed by atoms with Crippen molar-refractivity contribution in [3.63, 3.8) is 0 Å². The molecule has 0 aliphatic heterocycles. The van der Waals surface area contributed by atoms with E-state index in [1.54, 1.807) is 18.2 Å². The molecule has 0 heterocycles. The van der Waals surface area contributed by atoms with Gasteiger partial charge in [-0.1, -0.05) is 15.9 Å². The number of amides is 2. The largest absolute Gasteiger partial charge is 0.496 e. The first-order valence-electron chi connectivity index (χ1n) is 5.79. The van der Waals surface area contributed by atoms with Gasteiger partial charge in [-0.15, -0.1) is 0 Å². The number of hydrogen-bond donors (Lipinski definition) is 1. The van der Waals surface area contributed by atoms with Gasteiger partial charge in [0.2, 0.25) is 5.91 Å². The van der Waals surface area contributed by atoms with Crippen LogP contribution in [0.1, 0.15) is 24.2 Å². The number of ether oxygens (including phenoxy) is 1. The Morgan fingerprint density at radius 3 is 2.53 bits per heavy atom. The van der Waals surface area contributed by atoms with E-state index in [9.17, 15) is 9.59 Å². The summed E-state index contributed by atoms with van der Waals surface area (Å²) < 4.78 is 6.00. The first kappa shape index (κ1) is 15.5. The summed E-state index contributed by atoms with van der Waals surface area (Å²) in [5.74, 6) is -0.370. The Labute approximate surface area is 120 Å². The van der Waals surface area contributed by atoms with Crippen LogP contribution in [0.2, 0.25) is 0 Å². The number of nitrogens with two attached hydrogens (primary N) is 1. The molecule has 0 saturated heterocycles.